The lowest BCUT2D eigenvalue weighted by molar-refractivity contribution is 0.643. The van der Waals surface area contributed by atoms with Gasteiger partial charge in [-0.25, -0.2) is 0 Å². The van der Waals surface area contributed by atoms with Crippen molar-refractivity contribution >= 4 is 22.4 Å². The molecule has 4 heteroatoms. The lowest BCUT2D eigenvalue weighted by Crippen LogP contribution is -2.27. The fourth-order valence-electron chi connectivity index (χ4n) is 1.86. The molecule has 100 valence electrons. The minimum Gasteiger partial charge on any atom is -0.323 e. The Morgan fingerprint density at radius 2 is 1.63 bits per heavy atom. The van der Waals surface area contributed by atoms with Gasteiger partial charge < -0.3 is 5.73 Å². The van der Waals surface area contributed by atoms with Crippen molar-refractivity contribution < 1.29 is 4.21 Å². The van der Waals surface area contributed by atoms with Crippen LogP contribution in [0.3, 0.4) is 0 Å². The molecule has 3 unspecified atom stereocenters. The molecule has 0 aliphatic rings. The highest BCUT2D eigenvalue weighted by atomic mass is 35.5. The van der Waals surface area contributed by atoms with E-state index in [2.05, 4.69) is 0 Å². The molecule has 0 saturated heterocycles. The number of hydrogen-bond donors (Lipinski definition) is 1. The molecule has 2 aromatic carbocycles. The zero-order valence-corrected chi connectivity index (χ0v) is 12.2. The molecule has 2 aromatic rings. The maximum Gasteiger partial charge on any atom is 0.0577 e. The average Bonchev–Trinajstić information content (AvgIpc) is 2.46. The average molecular weight is 294 g/mol. The third-order valence-corrected chi connectivity index (χ3v) is 5.03. The van der Waals surface area contributed by atoms with Crippen molar-refractivity contribution in [1.29, 1.82) is 0 Å². The zero-order chi connectivity index (χ0) is 13.8. The van der Waals surface area contributed by atoms with Crippen molar-refractivity contribution in [3.05, 3.63) is 65.2 Å². The molecule has 2 rings (SSSR count). The van der Waals surface area contributed by atoms with Gasteiger partial charge in [0, 0.05) is 16.0 Å². The summed E-state index contributed by atoms with van der Waals surface area (Å²) in [6.45, 7) is 1.91. The molecule has 2 nitrogen and oxygen atoms in total. The van der Waals surface area contributed by atoms with Crippen LogP contribution in [0.5, 0.6) is 0 Å². The van der Waals surface area contributed by atoms with E-state index in [-0.39, 0.29) is 11.3 Å². The summed E-state index contributed by atoms with van der Waals surface area (Å²) in [5, 5.41) is 0.476. The van der Waals surface area contributed by atoms with Gasteiger partial charge in [0.2, 0.25) is 0 Å². The topological polar surface area (TPSA) is 43.1 Å². The van der Waals surface area contributed by atoms with Gasteiger partial charge in [0.25, 0.3) is 0 Å². The van der Waals surface area contributed by atoms with Crippen LogP contribution < -0.4 is 5.73 Å². The predicted octanol–water partition coefficient (Wildman–Crippen LogP) is 3.54. The van der Waals surface area contributed by atoms with Crippen LogP contribution in [0.25, 0.3) is 0 Å². The van der Waals surface area contributed by atoms with E-state index >= 15 is 0 Å². The second-order valence-corrected chi connectivity index (χ2v) is 6.64. The number of rotatable bonds is 4. The van der Waals surface area contributed by atoms with E-state index in [4.69, 9.17) is 17.3 Å². The van der Waals surface area contributed by atoms with Crippen molar-refractivity contribution in [2.24, 2.45) is 5.73 Å². The quantitative estimate of drug-likeness (QED) is 0.937. The van der Waals surface area contributed by atoms with Crippen LogP contribution in [0, 0.1) is 0 Å². The maximum absolute atomic E-state index is 12.5. The van der Waals surface area contributed by atoms with Crippen molar-refractivity contribution in [2.45, 2.75) is 23.1 Å². The van der Waals surface area contributed by atoms with Gasteiger partial charge in [-0.1, -0.05) is 41.9 Å². The van der Waals surface area contributed by atoms with E-state index in [1.54, 1.807) is 24.3 Å². The van der Waals surface area contributed by atoms with Gasteiger partial charge >= 0.3 is 0 Å². The molecule has 0 aliphatic heterocycles. The summed E-state index contributed by atoms with van der Waals surface area (Å²) in [5.74, 6) is 0. The Bertz CT molecular complexity index is 556. The minimum atomic E-state index is -1.15. The van der Waals surface area contributed by atoms with Crippen molar-refractivity contribution in [1.82, 2.24) is 0 Å². The van der Waals surface area contributed by atoms with Gasteiger partial charge in [0.1, 0.15) is 0 Å². The van der Waals surface area contributed by atoms with E-state index in [1.165, 1.54) is 0 Å². The Labute approximate surface area is 121 Å². The molecule has 19 heavy (non-hydrogen) atoms. The Morgan fingerprint density at radius 3 is 2.21 bits per heavy atom. The first-order valence-corrected chi connectivity index (χ1v) is 7.65. The highest BCUT2D eigenvalue weighted by Crippen LogP contribution is 2.23. The third-order valence-electron chi connectivity index (χ3n) is 3.07. The molecule has 0 amide bonds. The molecular weight excluding hydrogens is 278 g/mol. The van der Waals surface area contributed by atoms with E-state index in [1.807, 2.05) is 37.3 Å². The zero-order valence-electron chi connectivity index (χ0n) is 10.6. The van der Waals surface area contributed by atoms with Gasteiger partial charge in [-0.15, -0.1) is 0 Å². The van der Waals surface area contributed by atoms with E-state index in [0.29, 0.717) is 5.02 Å². The SMILES string of the molecule is CC(C(N)c1ccccc1)S(=O)c1ccc(Cl)cc1. The smallest absolute Gasteiger partial charge is 0.0577 e. The van der Waals surface area contributed by atoms with Crippen molar-refractivity contribution in [2.75, 3.05) is 0 Å². The van der Waals surface area contributed by atoms with Crippen LogP contribution in [-0.4, -0.2) is 9.46 Å². The molecular formula is C15H16ClNOS. The maximum atomic E-state index is 12.5. The lowest BCUT2D eigenvalue weighted by atomic mass is 10.1. The Kier molecular flexibility index (Phi) is 4.75. The summed E-state index contributed by atoms with van der Waals surface area (Å²) in [6.07, 6.45) is 0. The Hall–Kier alpha value is -1.16. The fraction of sp³-hybridized carbons (Fsp3) is 0.200. The normalized spacial score (nSPS) is 15.7. The predicted molar refractivity (Wildman–Crippen MR) is 80.7 cm³/mol. The first kappa shape index (κ1) is 14.3. The number of nitrogens with two attached hydrogens (primary N) is 1. The van der Waals surface area contributed by atoms with Crippen LogP contribution in [0.15, 0.2) is 59.5 Å². The van der Waals surface area contributed by atoms with Crippen LogP contribution in [0.4, 0.5) is 0 Å². The molecule has 0 saturated carbocycles. The van der Waals surface area contributed by atoms with Gasteiger partial charge in [0.05, 0.1) is 16.0 Å². The standard InChI is InChI=1S/C15H16ClNOS/c1-11(15(17)12-5-3-2-4-6-12)19(18)14-9-7-13(16)8-10-14/h2-11,15H,17H2,1H3. The number of hydrogen-bond acceptors (Lipinski definition) is 2. The highest BCUT2D eigenvalue weighted by Gasteiger charge is 2.21. The summed E-state index contributed by atoms with van der Waals surface area (Å²) in [7, 11) is -1.15. The number of halogens is 1. The van der Waals surface area contributed by atoms with Gasteiger partial charge in [-0.05, 0) is 36.8 Å². The van der Waals surface area contributed by atoms with E-state index in [9.17, 15) is 4.21 Å². The van der Waals surface area contributed by atoms with Crippen LogP contribution in [-0.2, 0) is 10.8 Å². The van der Waals surface area contributed by atoms with Crippen LogP contribution >= 0.6 is 11.6 Å². The molecule has 0 spiro atoms. The van der Waals surface area contributed by atoms with E-state index < -0.39 is 10.8 Å². The summed E-state index contributed by atoms with van der Waals surface area (Å²) >= 11 is 5.83. The molecule has 0 bridgehead atoms. The van der Waals surface area contributed by atoms with Gasteiger partial charge in [-0.3, -0.25) is 4.21 Å². The summed E-state index contributed by atoms with van der Waals surface area (Å²) in [6, 6.07) is 16.5. The Balaban J connectivity index is 2.17. The molecule has 0 fully saturated rings. The fourth-order valence-corrected chi connectivity index (χ4v) is 3.25. The minimum absolute atomic E-state index is 0.163. The third kappa shape index (κ3) is 3.44. The summed E-state index contributed by atoms with van der Waals surface area (Å²) in [4.78, 5) is 0.753. The molecule has 0 aliphatic carbocycles. The first-order valence-electron chi connectivity index (χ1n) is 6.06. The summed E-state index contributed by atoms with van der Waals surface area (Å²) < 4.78 is 12.5. The van der Waals surface area contributed by atoms with Crippen LogP contribution in [0.1, 0.15) is 18.5 Å². The highest BCUT2D eigenvalue weighted by molar-refractivity contribution is 7.85. The number of benzene rings is 2. The van der Waals surface area contributed by atoms with E-state index in [0.717, 1.165) is 10.5 Å². The van der Waals surface area contributed by atoms with Crippen LogP contribution in [0.2, 0.25) is 5.02 Å². The molecule has 3 atom stereocenters. The van der Waals surface area contributed by atoms with Gasteiger partial charge in [-0.2, -0.15) is 0 Å². The molecule has 0 aromatic heterocycles. The second-order valence-electron chi connectivity index (χ2n) is 4.39. The molecule has 0 heterocycles. The Morgan fingerprint density at radius 1 is 1.05 bits per heavy atom. The second kappa shape index (κ2) is 6.33. The first-order chi connectivity index (χ1) is 9.09. The monoisotopic (exact) mass is 293 g/mol. The largest absolute Gasteiger partial charge is 0.323 e. The van der Waals surface area contributed by atoms with Crippen molar-refractivity contribution in [3.63, 3.8) is 0 Å². The molecule has 0 radical (unpaired) electrons. The lowest BCUT2D eigenvalue weighted by Gasteiger charge is -2.19. The summed E-state index contributed by atoms with van der Waals surface area (Å²) in [5.41, 5.74) is 7.19. The van der Waals surface area contributed by atoms with Crippen molar-refractivity contribution in [3.8, 4) is 0 Å². The van der Waals surface area contributed by atoms with Gasteiger partial charge in [0.15, 0.2) is 0 Å². The molecule has 2 N–H and O–H groups in total.